The van der Waals surface area contributed by atoms with E-state index in [9.17, 15) is 9.90 Å². The number of ether oxygens (including phenoxy) is 1. The maximum Gasteiger partial charge on any atom is 0.308 e. The summed E-state index contributed by atoms with van der Waals surface area (Å²) in [5, 5.41) is 13.4. The molecule has 0 radical (unpaired) electrons. The molecule has 0 aliphatic carbocycles. The van der Waals surface area contributed by atoms with Crippen molar-refractivity contribution in [3.8, 4) is 17.2 Å². The number of carbonyl (C=O) groups excluding carboxylic acids is 1. The third kappa shape index (κ3) is 8.76. The summed E-state index contributed by atoms with van der Waals surface area (Å²) in [4.78, 5) is 12.2. The van der Waals surface area contributed by atoms with Crippen molar-refractivity contribution in [1.29, 1.82) is 0 Å². The van der Waals surface area contributed by atoms with Gasteiger partial charge in [-0.1, -0.05) is 43.8 Å². The van der Waals surface area contributed by atoms with Crippen molar-refractivity contribution in [2.45, 2.75) is 71.4 Å². The smallest absolute Gasteiger partial charge is 0.308 e. The Hall–Kier alpha value is -1.77. The van der Waals surface area contributed by atoms with Gasteiger partial charge in [0.05, 0.1) is 12.5 Å². The third-order valence-electron chi connectivity index (χ3n) is 3.27. The monoisotopic (exact) mass is 361 g/mol. The van der Waals surface area contributed by atoms with Crippen LogP contribution in [0.2, 0.25) is 19.6 Å². The quantitative estimate of drug-likeness (QED) is 0.472. The molecule has 0 aliphatic rings. The predicted molar refractivity (Wildman–Crippen MR) is 105 cm³/mol. The lowest BCUT2D eigenvalue weighted by atomic mass is 10.1. The van der Waals surface area contributed by atoms with E-state index < -0.39 is 13.7 Å². The zero-order chi connectivity index (χ0) is 19.3. The SMILES string of the molecule is CC(NC(C#C[Si](C)(C)C)CC(=O)OC(C)(C)C)c1ccccc1O. The number of hydrogen-bond donors (Lipinski definition) is 2. The van der Waals surface area contributed by atoms with Crippen molar-refractivity contribution in [1.82, 2.24) is 5.32 Å². The van der Waals surface area contributed by atoms with Crippen molar-refractivity contribution >= 4 is 14.0 Å². The summed E-state index contributed by atoms with van der Waals surface area (Å²) in [6, 6.07) is 6.73. The number of hydrogen-bond acceptors (Lipinski definition) is 4. The summed E-state index contributed by atoms with van der Waals surface area (Å²) >= 11 is 0. The second-order valence-electron chi connectivity index (χ2n) is 8.31. The lowest BCUT2D eigenvalue weighted by Crippen LogP contribution is -2.35. The highest BCUT2D eigenvalue weighted by Gasteiger charge is 2.22. The van der Waals surface area contributed by atoms with Crippen LogP contribution in [-0.4, -0.2) is 30.8 Å². The largest absolute Gasteiger partial charge is 0.508 e. The van der Waals surface area contributed by atoms with Gasteiger partial charge >= 0.3 is 5.97 Å². The highest BCUT2D eigenvalue weighted by molar-refractivity contribution is 6.83. The fourth-order valence-corrected chi connectivity index (χ4v) is 2.86. The van der Waals surface area contributed by atoms with E-state index >= 15 is 0 Å². The molecule has 0 aliphatic heterocycles. The van der Waals surface area contributed by atoms with Crippen LogP contribution in [0.5, 0.6) is 5.75 Å². The van der Waals surface area contributed by atoms with E-state index in [0.717, 1.165) is 5.56 Å². The van der Waals surface area contributed by atoms with Crippen LogP contribution in [0.1, 0.15) is 45.7 Å². The molecule has 0 fully saturated rings. The molecule has 2 atom stereocenters. The number of aromatic hydroxyl groups is 1. The Labute approximate surface area is 153 Å². The molecule has 0 amide bonds. The molecule has 0 heterocycles. The molecule has 1 aromatic rings. The van der Waals surface area contributed by atoms with Crippen molar-refractivity contribution in [2.75, 3.05) is 0 Å². The van der Waals surface area contributed by atoms with E-state index in [1.165, 1.54) is 0 Å². The summed E-state index contributed by atoms with van der Waals surface area (Å²) in [6.07, 6.45) is 0.173. The van der Waals surface area contributed by atoms with Crippen LogP contribution in [0.4, 0.5) is 0 Å². The van der Waals surface area contributed by atoms with Crippen molar-refractivity contribution in [3.63, 3.8) is 0 Å². The number of phenolic OH excluding ortho intramolecular Hbond substituents is 1. The molecule has 2 N–H and O–H groups in total. The Morgan fingerprint density at radius 3 is 2.40 bits per heavy atom. The summed E-state index contributed by atoms with van der Waals surface area (Å²) in [6.45, 7) is 14.0. The Bertz CT molecular complexity index is 647. The van der Waals surface area contributed by atoms with Gasteiger partial charge in [0.1, 0.15) is 19.4 Å². The van der Waals surface area contributed by atoms with E-state index in [2.05, 4.69) is 36.4 Å². The Morgan fingerprint density at radius 2 is 1.88 bits per heavy atom. The van der Waals surface area contributed by atoms with Gasteiger partial charge in [0.15, 0.2) is 0 Å². The van der Waals surface area contributed by atoms with Gasteiger partial charge in [-0.15, -0.1) is 5.54 Å². The Kier molecular flexibility index (Phi) is 7.27. The number of nitrogens with one attached hydrogen (secondary N) is 1. The number of rotatable bonds is 5. The molecule has 5 heteroatoms. The first kappa shape index (κ1) is 21.3. The molecule has 1 rings (SSSR count). The molecule has 1 aromatic carbocycles. The average Bonchev–Trinajstić information content (AvgIpc) is 2.42. The van der Waals surface area contributed by atoms with Gasteiger partial charge in [0.25, 0.3) is 0 Å². The average molecular weight is 362 g/mol. The van der Waals surface area contributed by atoms with E-state index in [1.807, 2.05) is 39.8 Å². The molecule has 0 bridgehead atoms. The van der Waals surface area contributed by atoms with Crippen molar-refractivity contribution in [3.05, 3.63) is 29.8 Å². The van der Waals surface area contributed by atoms with E-state index in [4.69, 9.17) is 4.74 Å². The zero-order valence-electron chi connectivity index (χ0n) is 16.4. The van der Waals surface area contributed by atoms with E-state index in [-0.39, 0.29) is 30.2 Å². The highest BCUT2D eigenvalue weighted by atomic mass is 28.3. The Morgan fingerprint density at radius 1 is 1.28 bits per heavy atom. The van der Waals surface area contributed by atoms with Gasteiger partial charge in [-0.3, -0.25) is 10.1 Å². The summed E-state index contributed by atoms with van der Waals surface area (Å²) in [7, 11) is -1.56. The van der Waals surface area contributed by atoms with Crippen LogP contribution < -0.4 is 5.32 Å². The number of carbonyl (C=O) groups is 1. The summed E-state index contributed by atoms with van der Waals surface area (Å²) in [5.41, 5.74) is 3.58. The fourth-order valence-electron chi connectivity index (χ4n) is 2.25. The summed E-state index contributed by atoms with van der Waals surface area (Å²) in [5.74, 6) is 3.17. The summed E-state index contributed by atoms with van der Waals surface area (Å²) < 4.78 is 5.43. The predicted octanol–water partition coefficient (Wildman–Crippen LogP) is 4.02. The first-order chi connectivity index (χ1) is 11.4. The van der Waals surface area contributed by atoms with Crippen molar-refractivity contribution < 1.29 is 14.6 Å². The van der Waals surface area contributed by atoms with Gasteiger partial charge in [0.2, 0.25) is 0 Å². The molecule has 0 saturated carbocycles. The number of benzene rings is 1. The third-order valence-corrected chi connectivity index (χ3v) is 4.16. The maximum atomic E-state index is 12.2. The lowest BCUT2D eigenvalue weighted by Gasteiger charge is -2.23. The van der Waals surface area contributed by atoms with E-state index in [1.54, 1.807) is 12.1 Å². The van der Waals surface area contributed by atoms with Crippen molar-refractivity contribution in [2.24, 2.45) is 0 Å². The van der Waals surface area contributed by atoms with E-state index in [0.29, 0.717) is 0 Å². The molecule has 0 aromatic heterocycles. The van der Waals surface area contributed by atoms with Crippen LogP contribution in [0.15, 0.2) is 24.3 Å². The van der Waals surface area contributed by atoms with Crippen LogP contribution in [-0.2, 0) is 9.53 Å². The first-order valence-electron chi connectivity index (χ1n) is 8.66. The minimum atomic E-state index is -1.56. The van der Waals surface area contributed by atoms with Gasteiger partial charge in [0, 0.05) is 11.6 Å². The molecule has 0 spiro atoms. The molecular formula is C20H31NO3Si. The second kappa shape index (κ2) is 8.55. The van der Waals surface area contributed by atoms with Crippen LogP contribution >= 0.6 is 0 Å². The second-order valence-corrected chi connectivity index (χ2v) is 13.1. The van der Waals surface area contributed by atoms with Gasteiger partial charge in [-0.05, 0) is 33.8 Å². The molecule has 2 unspecified atom stereocenters. The number of esters is 1. The maximum absolute atomic E-state index is 12.2. The molecule has 138 valence electrons. The molecule has 25 heavy (non-hydrogen) atoms. The normalized spacial score (nSPS) is 14.2. The zero-order valence-corrected chi connectivity index (χ0v) is 17.4. The topological polar surface area (TPSA) is 58.6 Å². The van der Waals surface area contributed by atoms with Gasteiger partial charge in [-0.2, -0.15) is 0 Å². The van der Waals surface area contributed by atoms with Crippen LogP contribution in [0, 0.1) is 11.5 Å². The lowest BCUT2D eigenvalue weighted by molar-refractivity contribution is -0.155. The van der Waals surface area contributed by atoms with Gasteiger partial charge < -0.3 is 9.84 Å². The van der Waals surface area contributed by atoms with Crippen LogP contribution in [0.25, 0.3) is 0 Å². The minimum Gasteiger partial charge on any atom is -0.508 e. The minimum absolute atomic E-state index is 0.135. The van der Waals surface area contributed by atoms with Gasteiger partial charge in [-0.25, -0.2) is 0 Å². The number of phenols is 1. The fraction of sp³-hybridized carbons (Fsp3) is 0.550. The number of para-hydroxylation sites is 1. The molecule has 4 nitrogen and oxygen atoms in total. The standard InChI is InChI=1S/C20H31NO3Si/c1-15(17-10-8-9-11-18(17)22)21-16(12-13-25(5,6)7)14-19(23)24-20(2,3)4/h8-11,15-16,21-22H,14H2,1-7H3. The molecular weight excluding hydrogens is 330 g/mol. The molecule has 0 saturated heterocycles. The first-order valence-corrected chi connectivity index (χ1v) is 12.2. The van der Waals surface area contributed by atoms with Crippen LogP contribution in [0.3, 0.4) is 0 Å². The Balaban J connectivity index is 2.92. The highest BCUT2D eigenvalue weighted by Crippen LogP contribution is 2.24.